The summed E-state index contributed by atoms with van der Waals surface area (Å²) in [6.45, 7) is 53.1. The van der Waals surface area contributed by atoms with E-state index in [1.807, 2.05) is 60.8 Å². The molecule has 0 spiro atoms. The number of rotatable bonds is 11. The van der Waals surface area contributed by atoms with Crippen molar-refractivity contribution >= 4 is 5.69 Å². The maximum atomic E-state index is 5.73. The van der Waals surface area contributed by atoms with E-state index in [9.17, 15) is 0 Å². The zero-order chi connectivity index (χ0) is 54.5. The summed E-state index contributed by atoms with van der Waals surface area (Å²) in [5.41, 5.74) is 12.0. The first-order valence-electron chi connectivity index (χ1n) is 26.1. The second-order valence-corrected chi connectivity index (χ2v) is 23.5. The lowest BCUT2D eigenvalue weighted by molar-refractivity contribution is 0.329. The summed E-state index contributed by atoms with van der Waals surface area (Å²) in [6, 6.07) is 33.9. The minimum absolute atomic E-state index is 0.120. The van der Waals surface area contributed by atoms with Crippen molar-refractivity contribution in [3.8, 4) is 28.7 Å². The van der Waals surface area contributed by atoms with Crippen LogP contribution in [0.2, 0.25) is 0 Å². The van der Waals surface area contributed by atoms with E-state index in [1.165, 1.54) is 50.2 Å². The molecule has 0 fully saturated rings. The molecular weight excluding hydrogens is 875 g/mol. The molecule has 0 heterocycles. The lowest BCUT2D eigenvalue weighted by Crippen LogP contribution is -2.15. The Balaban J connectivity index is 0.000000444. The summed E-state index contributed by atoms with van der Waals surface area (Å²) < 4.78 is 28.2. The van der Waals surface area contributed by atoms with Gasteiger partial charge in [-0.1, -0.05) is 165 Å². The van der Waals surface area contributed by atoms with Crippen molar-refractivity contribution in [2.75, 3.05) is 52.0 Å². The minimum Gasteiger partial charge on any atom is -0.494 e. The number of ether oxygens (including phenoxy) is 5. The van der Waals surface area contributed by atoms with Crippen molar-refractivity contribution in [1.29, 1.82) is 0 Å². The second kappa shape index (κ2) is 28.8. The van der Waals surface area contributed by atoms with Crippen LogP contribution < -0.4 is 28.6 Å². The van der Waals surface area contributed by atoms with Gasteiger partial charge in [0.2, 0.25) is 0 Å². The first kappa shape index (κ1) is 63.9. The van der Waals surface area contributed by atoms with Crippen molar-refractivity contribution in [2.24, 2.45) is 0 Å². The summed E-state index contributed by atoms with van der Waals surface area (Å²) in [7, 11) is 4.09. The Kier molecular flexibility index (Phi) is 25.9. The highest BCUT2D eigenvalue weighted by molar-refractivity contribution is 5.54. The monoisotopic (exact) mass is 976 g/mol. The second-order valence-electron chi connectivity index (χ2n) is 23.5. The molecule has 5 aromatic rings. The van der Waals surface area contributed by atoms with Crippen molar-refractivity contribution in [3.05, 3.63) is 142 Å². The zero-order valence-corrected chi connectivity index (χ0v) is 49.8. The molecule has 0 aliphatic carbocycles. The Morgan fingerprint density at radius 3 is 0.817 bits per heavy atom. The molecule has 0 saturated carbocycles. The van der Waals surface area contributed by atoms with Gasteiger partial charge in [0, 0.05) is 25.8 Å². The van der Waals surface area contributed by atoms with E-state index in [1.54, 1.807) is 0 Å². The van der Waals surface area contributed by atoms with Crippen LogP contribution in [-0.4, -0.2) is 47.1 Å². The van der Waals surface area contributed by atoms with Crippen LogP contribution in [0, 0.1) is 20.8 Å². The quantitative estimate of drug-likeness (QED) is 0.131. The number of hydrogen-bond donors (Lipinski definition) is 0. The van der Waals surface area contributed by atoms with Crippen LogP contribution in [0.15, 0.2) is 97.1 Å². The third-order valence-corrected chi connectivity index (χ3v) is 11.3. The fourth-order valence-corrected chi connectivity index (χ4v) is 7.62. The number of para-hydroxylation sites is 1. The predicted octanol–water partition coefficient (Wildman–Crippen LogP) is 17.9. The molecule has 71 heavy (non-hydrogen) atoms. The number of aryl methyl sites for hydroxylation is 3. The van der Waals surface area contributed by atoms with Gasteiger partial charge in [0.1, 0.15) is 28.7 Å². The third kappa shape index (κ3) is 22.5. The summed E-state index contributed by atoms with van der Waals surface area (Å²) in [4.78, 5) is 2.09. The van der Waals surface area contributed by atoms with Crippen LogP contribution in [-0.2, 0) is 27.1 Å². The van der Waals surface area contributed by atoms with Gasteiger partial charge in [0.05, 0.1) is 33.0 Å². The van der Waals surface area contributed by atoms with Gasteiger partial charge in [-0.3, -0.25) is 0 Å². The fourth-order valence-electron chi connectivity index (χ4n) is 7.62. The molecule has 0 N–H and O–H groups in total. The van der Waals surface area contributed by atoms with Gasteiger partial charge in [-0.15, -0.1) is 0 Å². The maximum absolute atomic E-state index is 5.73. The zero-order valence-electron chi connectivity index (χ0n) is 49.8. The Morgan fingerprint density at radius 2 is 0.549 bits per heavy atom. The smallest absolute Gasteiger partial charge is 0.125 e. The van der Waals surface area contributed by atoms with Crippen LogP contribution in [0.3, 0.4) is 0 Å². The van der Waals surface area contributed by atoms with Gasteiger partial charge in [-0.2, -0.15) is 0 Å². The van der Waals surface area contributed by atoms with Gasteiger partial charge >= 0.3 is 0 Å². The molecule has 396 valence electrons. The molecule has 6 nitrogen and oxygen atoms in total. The summed E-state index contributed by atoms with van der Waals surface area (Å²) in [5, 5.41) is 0. The molecule has 0 bridgehead atoms. The highest BCUT2D eigenvalue weighted by Gasteiger charge is 2.22. The van der Waals surface area contributed by atoms with E-state index in [0.717, 1.165) is 55.2 Å². The highest BCUT2D eigenvalue weighted by Crippen LogP contribution is 2.36. The lowest BCUT2D eigenvalue weighted by Gasteiger charge is -2.24. The van der Waals surface area contributed by atoms with E-state index in [0.29, 0.717) is 6.61 Å². The Bertz CT molecular complexity index is 2150. The topological polar surface area (TPSA) is 49.4 Å². The summed E-state index contributed by atoms with van der Waals surface area (Å²) in [6.07, 6.45) is 0. The van der Waals surface area contributed by atoms with Gasteiger partial charge in [0.25, 0.3) is 0 Å². The van der Waals surface area contributed by atoms with Gasteiger partial charge < -0.3 is 28.6 Å². The average Bonchev–Trinajstić information content (AvgIpc) is 3.23. The van der Waals surface area contributed by atoms with Crippen LogP contribution in [0.1, 0.15) is 183 Å². The van der Waals surface area contributed by atoms with E-state index in [4.69, 9.17) is 23.7 Å². The average molecular weight is 977 g/mol. The SMILES string of the molecule is CCOc1cc(C)ccc1C(C)(C)C.CCOc1cc(C)ccc1C(C)(C)C.CCOc1cc(C)ccc1C(C)(C)C.CCOc1cc(N(C)C)ccc1C(C)(C)C.CCOc1ccccc1C(C)(C)C. The molecule has 5 rings (SSSR count). The van der Waals surface area contributed by atoms with E-state index in [2.05, 4.69) is 214 Å². The van der Waals surface area contributed by atoms with Gasteiger partial charge in [-0.05, 0) is 157 Å². The molecule has 0 aromatic heterocycles. The maximum Gasteiger partial charge on any atom is 0.125 e. The molecule has 0 aliphatic heterocycles. The molecule has 0 aliphatic rings. The van der Waals surface area contributed by atoms with Crippen molar-refractivity contribution < 1.29 is 23.7 Å². The van der Waals surface area contributed by atoms with Crippen LogP contribution >= 0.6 is 0 Å². The first-order chi connectivity index (χ1) is 32.8. The summed E-state index contributed by atoms with van der Waals surface area (Å²) in [5.74, 6) is 5.10. The molecule has 0 unspecified atom stereocenters. The normalized spacial score (nSPS) is 11.5. The first-order valence-corrected chi connectivity index (χ1v) is 26.1. The molecular formula is C65H101NO5. The molecule has 0 atom stereocenters. The van der Waals surface area contributed by atoms with E-state index >= 15 is 0 Å². The molecule has 0 amide bonds. The van der Waals surface area contributed by atoms with E-state index < -0.39 is 0 Å². The van der Waals surface area contributed by atoms with Gasteiger partial charge in [0.15, 0.2) is 0 Å². The van der Waals surface area contributed by atoms with Gasteiger partial charge in [-0.25, -0.2) is 0 Å². The van der Waals surface area contributed by atoms with Crippen molar-refractivity contribution in [2.45, 2.75) is 186 Å². The highest BCUT2D eigenvalue weighted by atomic mass is 16.5. The Hall–Kier alpha value is -5.10. The minimum atomic E-state index is 0.120. The Labute approximate surface area is 436 Å². The standard InChI is InChI=1S/C14H23NO.3C13H20O.C12H18O/c1-7-16-13-10-11(15(5)6)8-9-12(13)14(2,3)4;3*1-6-14-12-9-10(2)7-8-11(12)13(3,4)5;1-5-13-11-9-7-6-8-10(11)12(2,3)4/h8-10H,7H2,1-6H3;3*7-9H,6H2,1-5H3;6-9H,5H2,1-4H3. The number of nitrogens with zero attached hydrogens (tertiary/aromatic N) is 1. The molecule has 6 heteroatoms. The molecule has 0 radical (unpaired) electrons. The summed E-state index contributed by atoms with van der Waals surface area (Å²) >= 11 is 0. The molecule has 0 saturated heterocycles. The largest absolute Gasteiger partial charge is 0.494 e. The number of anilines is 1. The van der Waals surface area contributed by atoms with Crippen molar-refractivity contribution in [3.63, 3.8) is 0 Å². The third-order valence-electron chi connectivity index (χ3n) is 11.3. The van der Waals surface area contributed by atoms with Crippen LogP contribution in [0.4, 0.5) is 5.69 Å². The lowest BCUT2D eigenvalue weighted by atomic mass is 9.86. The van der Waals surface area contributed by atoms with Crippen LogP contribution in [0.5, 0.6) is 28.7 Å². The van der Waals surface area contributed by atoms with Crippen molar-refractivity contribution in [1.82, 2.24) is 0 Å². The number of benzene rings is 5. The number of hydrogen-bond acceptors (Lipinski definition) is 6. The van der Waals surface area contributed by atoms with Crippen LogP contribution in [0.25, 0.3) is 0 Å². The molecule has 5 aromatic carbocycles. The fraction of sp³-hybridized carbons (Fsp3) is 0.538. The Morgan fingerprint density at radius 1 is 0.310 bits per heavy atom. The van der Waals surface area contributed by atoms with E-state index in [-0.39, 0.29) is 27.1 Å². The predicted molar refractivity (Wildman–Crippen MR) is 310 cm³/mol.